The van der Waals surface area contributed by atoms with Gasteiger partial charge in [0.25, 0.3) is 0 Å². The highest BCUT2D eigenvalue weighted by Gasteiger charge is 2.02. The van der Waals surface area contributed by atoms with Crippen molar-refractivity contribution < 1.29 is 4.79 Å². The van der Waals surface area contributed by atoms with Crippen molar-refractivity contribution in [1.82, 2.24) is 4.98 Å². The molecule has 0 aliphatic heterocycles. The van der Waals surface area contributed by atoms with Crippen LogP contribution in [0.15, 0.2) is 42.6 Å². The lowest BCUT2D eigenvalue weighted by Gasteiger charge is -2.04. The van der Waals surface area contributed by atoms with Gasteiger partial charge in [-0.05, 0) is 24.6 Å². The third-order valence-electron chi connectivity index (χ3n) is 2.34. The van der Waals surface area contributed by atoms with E-state index in [1.807, 2.05) is 31.2 Å². The van der Waals surface area contributed by atoms with Crippen LogP contribution in [-0.4, -0.2) is 11.3 Å². The normalized spacial score (nSPS) is 9.93. The fourth-order valence-electron chi connectivity index (χ4n) is 1.53. The lowest BCUT2D eigenvalue weighted by molar-refractivity contribution is 0.112. The number of aromatic nitrogens is 1. The summed E-state index contributed by atoms with van der Waals surface area (Å²) in [5, 5.41) is 0. The van der Waals surface area contributed by atoms with Crippen molar-refractivity contribution in [3.8, 4) is 11.3 Å². The van der Waals surface area contributed by atoms with Gasteiger partial charge in [0, 0.05) is 17.3 Å². The molecule has 2 aromatic rings. The fraction of sp³-hybridized carbons (Fsp3) is 0.0769. The average Bonchev–Trinajstić information content (AvgIpc) is 2.30. The molecule has 2 heteroatoms. The zero-order valence-corrected chi connectivity index (χ0v) is 8.47. The maximum atomic E-state index is 10.6. The Hall–Kier alpha value is -1.96. The summed E-state index contributed by atoms with van der Waals surface area (Å²) in [5.41, 5.74) is 3.73. The van der Waals surface area contributed by atoms with E-state index in [-0.39, 0.29) is 0 Å². The molecule has 2 nitrogen and oxygen atoms in total. The second kappa shape index (κ2) is 4.05. The number of nitrogens with zero attached hydrogens (tertiary/aromatic N) is 1. The van der Waals surface area contributed by atoms with Crippen LogP contribution in [0.3, 0.4) is 0 Å². The smallest absolute Gasteiger partial charge is 0.150 e. The lowest BCUT2D eigenvalue weighted by atomic mass is 10.0. The van der Waals surface area contributed by atoms with Gasteiger partial charge in [-0.25, -0.2) is 0 Å². The van der Waals surface area contributed by atoms with E-state index in [4.69, 9.17) is 0 Å². The molecule has 74 valence electrons. The van der Waals surface area contributed by atoms with Gasteiger partial charge in [0.1, 0.15) is 6.29 Å². The minimum Gasteiger partial charge on any atom is -0.298 e. The van der Waals surface area contributed by atoms with Crippen molar-refractivity contribution >= 4 is 6.29 Å². The molecule has 0 aliphatic carbocycles. The van der Waals surface area contributed by atoms with Crippen molar-refractivity contribution in [2.45, 2.75) is 6.92 Å². The van der Waals surface area contributed by atoms with Crippen LogP contribution in [0.5, 0.6) is 0 Å². The summed E-state index contributed by atoms with van der Waals surface area (Å²) in [7, 11) is 0. The van der Waals surface area contributed by atoms with E-state index < -0.39 is 0 Å². The monoisotopic (exact) mass is 197 g/mol. The molecule has 1 heterocycles. The molecule has 0 unspecified atom stereocenters. The van der Waals surface area contributed by atoms with Crippen molar-refractivity contribution in [3.05, 3.63) is 53.7 Å². The van der Waals surface area contributed by atoms with Crippen LogP contribution in [0.2, 0.25) is 0 Å². The van der Waals surface area contributed by atoms with Crippen LogP contribution in [-0.2, 0) is 0 Å². The van der Waals surface area contributed by atoms with Gasteiger partial charge >= 0.3 is 0 Å². The van der Waals surface area contributed by atoms with Gasteiger partial charge < -0.3 is 0 Å². The average molecular weight is 197 g/mol. The van der Waals surface area contributed by atoms with Crippen LogP contribution in [0.4, 0.5) is 0 Å². The molecular formula is C13H11NO. The van der Waals surface area contributed by atoms with Crippen LogP contribution in [0, 0.1) is 6.92 Å². The number of carbonyl (C=O) groups is 1. The van der Waals surface area contributed by atoms with E-state index in [0.29, 0.717) is 5.56 Å². The first-order valence-corrected chi connectivity index (χ1v) is 4.78. The third-order valence-corrected chi connectivity index (χ3v) is 2.34. The minimum atomic E-state index is 0.656. The van der Waals surface area contributed by atoms with E-state index in [0.717, 1.165) is 23.1 Å². The van der Waals surface area contributed by atoms with Gasteiger partial charge in [0.05, 0.1) is 5.69 Å². The highest BCUT2D eigenvalue weighted by atomic mass is 16.1. The topological polar surface area (TPSA) is 30.0 Å². The Labute approximate surface area is 88.6 Å². The molecule has 0 spiro atoms. The van der Waals surface area contributed by atoms with Gasteiger partial charge in [-0.2, -0.15) is 0 Å². The van der Waals surface area contributed by atoms with Gasteiger partial charge in [-0.15, -0.1) is 0 Å². The van der Waals surface area contributed by atoms with Crippen LogP contribution in [0.25, 0.3) is 11.3 Å². The molecule has 1 aromatic carbocycles. The van der Waals surface area contributed by atoms with Crippen LogP contribution >= 0.6 is 0 Å². The van der Waals surface area contributed by atoms with Crippen LogP contribution < -0.4 is 0 Å². The summed E-state index contributed by atoms with van der Waals surface area (Å²) in [5.74, 6) is 0. The first-order chi connectivity index (χ1) is 7.31. The van der Waals surface area contributed by atoms with E-state index >= 15 is 0 Å². The van der Waals surface area contributed by atoms with E-state index in [1.165, 1.54) is 0 Å². The number of pyridine rings is 1. The Balaban J connectivity index is 2.54. The first-order valence-electron chi connectivity index (χ1n) is 4.78. The van der Waals surface area contributed by atoms with Crippen molar-refractivity contribution in [2.75, 3.05) is 0 Å². The third kappa shape index (κ3) is 1.94. The summed E-state index contributed by atoms with van der Waals surface area (Å²) in [6.45, 7) is 2.03. The molecule has 0 N–H and O–H groups in total. The number of hydrogen-bond acceptors (Lipinski definition) is 2. The minimum absolute atomic E-state index is 0.656. The van der Waals surface area contributed by atoms with E-state index in [9.17, 15) is 4.79 Å². The van der Waals surface area contributed by atoms with Crippen molar-refractivity contribution in [2.24, 2.45) is 0 Å². The zero-order chi connectivity index (χ0) is 10.7. The summed E-state index contributed by atoms with van der Waals surface area (Å²) in [4.78, 5) is 14.9. The second-order valence-corrected chi connectivity index (χ2v) is 3.41. The van der Waals surface area contributed by atoms with E-state index in [2.05, 4.69) is 4.98 Å². The Kier molecular flexibility index (Phi) is 2.59. The largest absolute Gasteiger partial charge is 0.298 e. The maximum absolute atomic E-state index is 10.6. The Morgan fingerprint density at radius 2 is 2.00 bits per heavy atom. The number of aryl methyl sites for hydroxylation is 1. The van der Waals surface area contributed by atoms with Crippen molar-refractivity contribution in [3.63, 3.8) is 0 Å². The lowest BCUT2D eigenvalue weighted by Crippen LogP contribution is -1.88. The summed E-state index contributed by atoms with van der Waals surface area (Å²) in [6.07, 6.45) is 2.50. The quantitative estimate of drug-likeness (QED) is 0.693. The maximum Gasteiger partial charge on any atom is 0.150 e. The standard InChI is InChI=1S/C13H11NO/c1-10-4-2-3-5-12(10)13-8-11(9-15)6-7-14-13/h2-9H,1H3. The second-order valence-electron chi connectivity index (χ2n) is 3.41. The number of aldehydes is 1. The highest BCUT2D eigenvalue weighted by Crippen LogP contribution is 2.20. The SMILES string of the molecule is Cc1ccccc1-c1cc(C=O)ccn1. The molecule has 0 atom stereocenters. The molecule has 0 amide bonds. The van der Waals surface area contributed by atoms with Gasteiger partial charge in [0.15, 0.2) is 0 Å². The van der Waals surface area contributed by atoms with E-state index in [1.54, 1.807) is 18.3 Å². The number of rotatable bonds is 2. The number of carbonyl (C=O) groups excluding carboxylic acids is 1. The predicted molar refractivity (Wildman–Crippen MR) is 59.8 cm³/mol. The molecule has 1 aromatic heterocycles. The van der Waals surface area contributed by atoms with Gasteiger partial charge in [-0.1, -0.05) is 24.3 Å². The molecule has 0 saturated carbocycles. The Morgan fingerprint density at radius 1 is 1.20 bits per heavy atom. The fourth-order valence-corrected chi connectivity index (χ4v) is 1.53. The Morgan fingerprint density at radius 3 is 2.73 bits per heavy atom. The molecule has 15 heavy (non-hydrogen) atoms. The first kappa shape index (κ1) is 9.59. The molecule has 0 radical (unpaired) electrons. The van der Waals surface area contributed by atoms with Gasteiger partial charge in [0.2, 0.25) is 0 Å². The molecule has 0 bridgehead atoms. The summed E-state index contributed by atoms with van der Waals surface area (Å²) in [6, 6.07) is 11.5. The number of hydrogen-bond donors (Lipinski definition) is 0. The molecule has 0 aliphatic rings. The molecule has 2 rings (SSSR count). The molecule has 0 saturated heterocycles. The predicted octanol–water partition coefficient (Wildman–Crippen LogP) is 2.87. The van der Waals surface area contributed by atoms with Crippen LogP contribution in [0.1, 0.15) is 15.9 Å². The highest BCUT2D eigenvalue weighted by molar-refractivity contribution is 5.77. The summed E-state index contributed by atoms with van der Waals surface area (Å²) >= 11 is 0. The summed E-state index contributed by atoms with van der Waals surface area (Å²) < 4.78 is 0. The number of benzene rings is 1. The zero-order valence-electron chi connectivity index (χ0n) is 8.47. The Bertz CT molecular complexity index is 491. The van der Waals surface area contributed by atoms with Crippen molar-refractivity contribution in [1.29, 1.82) is 0 Å². The van der Waals surface area contributed by atoms with Gasteiger partial charge in [-0.3, -0.25) is 9.78 Å². The molecule has 0 fully saturated rings. The molecular weight excluding hydrogens is 186 g/mol.